The molecule has 1 aromatic heterocycles. The van der Waals surface area contributed by atoms with Gasteiger partial charge >= 0.3 is 6.18 Å². The van der Waals surface area contributed by atoms with Crippen molar-refractivity contribution in [2.75, 3.05) is 7.11 Å². The summed E-state index contributed by atoms with van der Waals surface area (Å²) in [6.07, 6.45) is -0.753. The molecule has 1 atom stereocenters. The van der Waals surface area contributed by atoms with Gasteiger partial charge in [-0.3, -0.25) is 0 Å². The summed E-state index contributed by atoms with van der Waals surface area (Å²) in [7, 11) is 2.74. The van der Waals surface area contributed by atoms with Gasteiger partial charge in [-0.25, -0.2) is 0 Å². The molecule has 2 rings (SSSR count). The predicted molar refractivity (Wildman–Crippen MR) is 58.6 cm³/mol. The zero-order valence-corrected chi connectivity index (χ0v) is 9.71. The fraction of sp³-hybridized carbons (Fsp3) is 0.500. The Labute approximate surface area is 97.7 Å². The highest BCUT2D eigenvalue weighted by molar-refractivity contribution is 5.56. The van der Waals surface area contributed by atoms with E-state index in [4.69, 9.17) is 0 Å². The number of halogens is 3. The van der Waals surface area contributed by atoms with Crippen LogP contribution in [0.5, 0.6) is 0 Å². The van der Waals surface area contributed by atoms with Gasteiger partial charge in [0.1, 0.15) is 0 Å². The molecule has 5 heteroatoms. The van der Waals surface area contributed by atoms with Crippen LogP contribution >= 0.6 is 0 Å². The van der Waals surface area contributed by atoms with Crippen molar-refractivity contribution >= 4 is 6.08 Å². The van der Waals surface area contributed by atoms with E-state index >= 15 is 0 Å². The molecule has 0 aromatic carbocycles. The van der Waals surface area contributed by atoms with E-state index < -0.39 is 12.3 Å². The minimum absolute atomic E-state index is 0.163. The highest BCUT2D eigenvalue weighted by atomic mass is 19.4. The molecule has 1 aliphatic rings. The van der Waals surface area contributed by atoms with Gasteiger partial charge in [-0.1, -0.05) is 12.2 Å². The molecule has 0 spiro atoms. The molecule has 0 saturated carbocycles. The number of fused-ring (bicyclic) bond motifs is 1. The Bertz CT molecular complexity index is 445. The number of hydrogen-bond acceptors (Lipinski definition) is 1. The Balaban J connectivity index is 2.46. The van der Waals surface area contributed by atoms with E-state index in [0.29, 0.717) is 0 Å². The molecule has 0 amide bonds. The zero-order chi connectivity index (χ0) is 12.6. The summed E-state index contributed by atoms with van der Waals surface area (Å²) in [5.41, 5.74) is 1.96. The number of alkyl halides is 3. The molecule has 1 aromatic rings. The molecular formula is C12H14F3NO. The number of hydrogen-bond donors (Lipinski definition) is 0. The minimum Gasteiger partial charge on any atom is -0.366 e. The maximum Gasteiger partial charge on any atom is 0.420 e. The van der Waals surface area contributed by atoms with Gasteiger partial charge in [0, 0.05) is 19.9 Å². The Kier molecular flexibility index (Phi) is 3.03. The van der Waals surface area contributed by atoms with Crippen molar-refractivity contribution in [2.45, 2.75) is 25.1 Å². The number of allylic oxidation sites excluding steroid dienone is 1. The third-order valence-corrected chi connectivity index (χ3v) is 3.08. The van der Waals surface area contributed by atoms with E-state index in [1.165, 1.54) is 0 Å². The normalized spacial score (nSPS) is 17.0. The van der Waals surface area contributed by atoms with Crippen molar-refractivity contribution in [1.82, 2.24) is 4.57 Å². The first kappa shape index (κ1) is 12.2. The predicted octanol–water partition coefficient (Wildman–Crippen LogP) is 3.23. The molecule has 17 heavy (non-hydrogen) atoms. The minimum atomic E-state index is -4.38. The Morgan fingerprint density at radius 2 is 2.12 bits per heavy atom. The van der Waals surface area contributed by atoms with Crippen LogP contribution in [0.15, 0.2) is 12.1 Å². The maximum atomic E-state index is 12.8. The van der Waals surface area contributed by atoms with E-state index in [-0.39, 0.29) is 5.69 Å². The lowest BCUT2D eigenvalue weighted by atomic mass is 10.1. The molecule has 1 aliphatic carbocycles. The van der Waals surface area contributed by atoms with Gasteiger partial charge < -0.3 is 9.30 Å². The molecule has 0 aliphatic heterocycles. The summed E-state index contributed by atoms with van der Waals surface area (Å²) in [5, 5.41) is 0. The van der Waals surface area contributed by atoms with Gasteiger partial charge in [0.25, 0.3) is 0 Å². The summed E-state index contributed by atoms with van der Waals surface area (Å²) in [6, 6.07) is 1.56. The van der Waals surface area contributed by atoms with Crippen LogP contribution in [0.3, 0.4) is 0 Å². The van der Waals surface area contributed by atoms with Crippen LogP contribution in [0.4, 0.5) is 13.2 Å². The van der Waals surface area contributed by atoms with E-state index in [0.717, 1.165) is 31.2 Å². The summed E-state index contributed by atoms with van der Waals surface area (Å²) in [6.45, 7) is 0. The fourth-order valence-corrected chi connectivity index (χ4v) is 2.25. The Morgan fingerprint density at radius 1 is 1.41 bits per heavy atom. The topological polar surface area (TPSA) is 14.2 Å². The molecule has 0 bridgehead atoms. The van der Waals surface area contributed by atoms with Crippen LogP contribution in [0.25, 0.3) is 6.08 Å². The first-order valence-corrected chi connectivity index (χ1v) is 5.39. The van der Waals surface area contributed by atoms with Crippen LogP contribution < -0.4 is 0 Å². The van der Waals surface area contributed by atoms with E-state index in [9.17, 15) is 13.2 Å². The zero-order valence-electron chi connectivity index (χ0n) is 9.71. The van der Waals surface area contributed by atoms with Gasteiger partial charge in [0.2, 0.25) is 0 Å². The van der Waals surface area contributed by atoms with Crippen molar-refractivity contribution in [3.63, 3.8) is 0 Å². The molecule has 0 saturated heterocycles. The molecule has 94 valence electrons. The average Bonchev–Trinajstić information content (AvgIpc) is 2.56. The largest absolute Gasteiger partial charge is 0.420 e. The number of rotatable bonds is 2. The Hall–Kier alpha value is -1.23. The molecule has 1 unspecified atom stereocenters. The third-order valence-electron chi connectivity index (χ3n) is 3.08. The number of aromatic nitrogens is 1. The maximum absolute atomic E-state index is 12.8. The van der Waals surface area contributed by atoms with Crippen molar-refractivity contribution in [2.24, 2.45) is 7.05 Å². The second-order valence-corrected chi connectivity index (χ2v) is 4.13. The SMILES string of the molecule is COC(c1cc2c(n1C)CCC=C2)C(F)(F)F. The lowest BCUT2D eigenvalue weighted by Crippen LogP contribution is -2.24. The molecule has 0 N–H and O–H groups in total. The van der Waals surface area contributed by atoms with Crippen molar-refractivity contribution < 1.29 is 17.9 Å². The third kappa shape index (κ3) is 2.11. The van der Waals surface area contributed by atoms with Gasteiger partial charge in [0.05, 0.1) is 5.69 Å². The van der Waals surface area contributed by atoms with Crippen LogP contribution in [0.2, 0.25) is 0 Å². The number of ether oxygens (including phenoxy) is 1. The van der Waals surface area contributed by atoms with E-state index in [1.807, 2.05) is 12.2 Å². The lowest BCUT2D eigenvalue weighted by molar-refractivity contribution is -0.217. The number of methoxy groups -OCH3 is 1. The summed E-state index contributed by atoms with van der Waals surface area (Å²) >= 11 is 0. The van der Waals surface area contributed by atoms with E-state index in [2.05, 4.69) is 4.74 Å². The molecule has 0 fully saturated rings. The van der Waals surface area contributed by atoms with Crippen molar-refractivity contribution in [3.8, 4) is 0 Å². The molecule has 1 heterocycles. The van der Waals surface area contributed by atoms with Crippen LogP contribution in [0.1, 0.15) is 29.5 Å². The molecule has 0 radical (unpaired) electrons. The van der Waals surface area contributed by atoms with E-state index in [1.54, 1.807) is 17.7 Å². The van der Waals surface area contributed by atoms with Crippen LogP contribution in [-0.4, -0.2) is 17.9 Å². The highest BCUT2D eigenvalue weighted by Gasteiger charge is 2.43. The summed E-state index contributed by atoms with van der Waals surface area (Å²) in [4.78, 5) is 0. The molecule has 2 nitrogen and oxygen atoms in total. The second kappa shape index (κ2) is 4.22. The van der Waals surface area contributed by atoms with Gasteiger partial charge in [-0.05, 0) is 24.5 Å². The first-order chi connectivity index (χ1) is 7.95. The number of nitrogens with zero attached hydrogens (tertiary/aromatic N) is 1. The summed E-state index contributed by atoms with van der Waals surface area (Å²) in [5.74, 6) is 0. The average molecular weight is 245 g/mol. The first-order valence-electron chi connectivity index (χ1n) is 5.39. The highest BCUT2D eigenvalue weighted by Crippen LogP contribution is 2.37. The lowest BCUT2D eigenvalue weighted by Gasteiger charge is -2.20. The van der Waals surface area contributed by atoms with Crippen molar-refractivity contribution in [1.29, 1.82) is 0 Å². The van der Waals surface area contributed by atoms with Gasteiger partial charge in [-0.15, -0.1) is 0 Å². The second-order valence-electron chi connectivity index (χ2n) is 4.13. The van der Waals surface area contributed by atoms with Gasteiger partial charge in [-0.2, -0.15) is 13.2 Å². The quantitative estimate of drug-likeness (QED) is 0.780. The van der Waals surface area contributed by atoms with Crippen molar-refractivity contribution in [3.05, 3.63) is 29.1 Å². The van der Waals surface area contributed by atoms with Gasteiger partial charge in [0.15, 0.2) is 6.10 Å². The smallest absolute Gasteiger partial charge is 0.366 e. The standard InChI is InChI=1S/C12H14F3NO/c1-16-9-6-4-3-5-8(9)7-10(16)11(17-2)12(13,14)15/h3,5,7,11H,4,6H2,1-2H3. The van der Waals surface area contributed by atoms with Crippen LogP contribution in [-0.2, 0) is 18.2 Å². The van der Waals surface area contributed by atoms with Crippen LogP contribution in [0, 0.1) is 0 Å². The Morgan fingerprint density at radius 3 is 2.65 bits per heavy atom. The summed E-state index contributed by atoms with van der Waals surface area (Å²) < 4.78 is 44.6. The molecular weight excluding hydrogens is 231 g/mol. The fourth-order valence-electron chi connectivity index (χ4n) is 2.25. The monoisotopic (exact) mass is 245 g/mol.